The number of fused-ring (bicyclic) bond motifs is 1. The summed E-state index contributed by atoms with van der Waals surface area (Å²) >= 11 is 0. The van der Waals surface area contributed by atoms with Gasteiger partial charge in [0.05, 0.1) is 16.9 Å². The molecular formula is C23H23F4N5O3. The van der Waals surface area contributed by atoms with Gasteiger partial charge >= 0.3 is 11.9 Å². The van der Waals surface area contributed by atoms with Crippen molar-refractivity contribution in [2.75, 3.05) is 11.9 Å². The molecule has 12 heteroatoms. The van der Waals surface area contributed by atoms with E-state index in [2.05, 4.69) is 15.4 Å². The van der Waals surface area contributed by atoms with Crippen molar-refractivity contribution in [1.82, 2.24) is 19.3 Å². The number of rotatable bonds is 5. The first-order chi connectivity index (χ1) is 16.4. The molecule has 0 aliphatic carbocycles. The molecule has 3 aromatic rings. The van der Waals surface area contributed by atoms with E-state index in [1.807, 2.05) is 0 Å². The lowest BCUT2D eigenvalue weighted by Crippen LogP contribution is -2.27. The van der Waals surface area contributed by atoms with Gasteiger partial charge in [-0.25, -0.2) is 9.18 Å². The lowest BCUT2D eigenvalue weighted by Gasteiger charge is -2.16. The van der Waals surface area contributed by atoms with Gasteiger partial charge in [-0.1, -0.05) is 0 Å². The van der Waals surface area contributed by atoms with E-state index in [-0.39, 0.29) is 0 Å². The normalized spacial score (nSPS) is 13.5. The van der Waals surface area contributed by atoms with Crippen molar-refractivity contribution in [3.63, 3.8) is 0 Å². The van der Waals surface area contributed by atoms with Gasteiger partial charge in [0.2, 0.25) is 0 Å². The number of halogens is 4. The maximum Gasteiger partial charge on any atom is 0.422 e. The summed E-state index contributed by atoms with van der Waals surface area (Å²) in [5.41, 5.74) is 0.742. The molecule has 0 atom stereocenters. The molecule has 1 aromatic carbocycles. The maximum atomic E-state index is 15.2. The van der Waals surface area contributed by atoms with Crippen molar-refractivity contribution < 1.29 is 27.1 Å². The highest BCUT2D eigenvalue weighted by atomic mass is 19.4. The van der Waals surface area contributed by atoms with E-state index >= 15 is 4.39 Å². The van der Waals surface area contributed by atoms with E-state index in [1.165, 1.54) is 4.57 Å². The summed E-state index contributed by atoms with van der Waals surface area (Å²) in [4.78, 5) is 30.0. The molecule has 0 saturated carbocycles. The Morgan fingerprint density at radius 2 is 1.91 bits per heavy atom. The fraction of sp³-hybridized carbons (Fsp3) is 0.391. The zero-order valence-corrected chi connectivity index (χ0v) is 19.3. The molecule has 2 aromatic heterocycles. The van der Waals surface area contributed by atoms with Gasteiger partial charge in [0, 0.05) is 24.7 Å². The maximum absolute atomic E-state index is 15.2. The molecule has 1 aliphatic heterocycles. The number of nitrogens with one attached hydrogen (secondary N) is 1. The molecule has 0 saturated heterocycles. The quantitative estimate of drug-likeness (QED) is 0.542. The molecule has 1 amide bonds. The number of hydrogen-bond acceptors (Lipinski definition) is 5. The van der Waals surface area contributed by atoms with Gasteiger partial charge in [0.25, 0.3) is 5.91 Å². The van der Waals surface area contributed by atoms with Gasteiger partial charge in [0.15, 0.2) is 6.61 Å². The lowest BCUT2D eigenvalue weighted by atomic mass is 10.1. The van der Waals surface area contributed by atoms with Crippen LogP contribution in [0.4, 0.5) is 23.2 Å². The summed E-state index contributed by atoms with van der Waals surface area (Å²) in [7, 11) is 0. The number of aryl methyl sites for hydroxylation is 4. The standard InChI is InChI=1S/C23H23F4N5O3/c1-12-8-13(2)28-14(3)20(12)29-21(33)15-9-16(24)17(10-18(15)35-11-23(25,26)27)32-22(34)31-7-5-4-6-19(31)30-32/h8-10H,4-7,11H2,1-3H3,(H,29,33). The van der Waals surface area contributed by atoms with Gasteiger partial charge in [-0.05, 0) is 51.3 Å². The zero-order valence-electron chi connectivity index (χ0n) is 19.3. The minimum atomic E-state index is -4.71. The van der Waals surface area contributed by atoms with Crippen LogP contribution in [0.15, 0.2) is 23.0 Å². The number of anilines is 1. The van der Waals surface area contributed by atoms with Crippen molar-refractivity contribution in [3.8, 4) is 11.4 Å². The summed E-state index contributed by atoms with van der Waals surface area (Å²) in [5.74, 6) is -1.98. The minimum Gasteiger partial charge on any atom is -0.483 e. The van der Waals surface area contributed by atoms with Crippen LogP contribution in [0.25, 0.3) is 5.69 Å². The number of hydrogen-bond donors (Lipinski definition) is 1. The van der Waals surface area contributed by atoms with Crippen LogP contribution in [-0.4, -0.2) is 38.0 Å². The summed E-state index contributed by atoms with van der Waals surface area (Å²) < 4.78 is 61.0. The van der Waals surface area contributed by atoms with Gasteiger partial charge in [-0.15, -0.1) is 5.10 Å². The second-order valence-corrected chi connectivity index (χ2v) is 8.42. The highest BCUT2D eigenvalue weighted by Crippen LogP contribution is 2.29. The van der Waals surface area contributed by atoms with Crippen LogP contribution in [-0.2, 0) is 13.0 Å². The number of nitrogens with zero attached hydrogens (tertiary/aromatic N) is 4. The molecule has 3 heterocycles. The topological polar surface area (TPSA) is 91.0 Å². The molecule has 8 nitrogen and oxygen atoms in total. The first kappa shape index (κ1) is 24.4. The Bertz CT molecular complexity index is 1340. The van der Waals surface area contributed by atoms with Crippen molar-refractivity contribution in [3.05, 3.63) is 62.8 Å². The molecule has 1 aliphatic rings. The monoisotopic (exact) mass is 493 g/mol. The number of amides is 1. The fourth-order valence-electron chi connectivity index (χ4n) is 4.11. The van der Waals surface area contributed by atoms with Crippen LogP contribution in [0.1, 0.15) is 46.0 Å². The summed E-state index contributed by atoms with van der Waals surface area (Å²) in [5, 5.41) is 6.73. The molecule has 0 unspecified atom stereocenters. The van der Waals surface area contributed by atoms with E-state index in [0.29, 0.717) is 35.7 Å². The second kappa shape index (κ2) is 9.16. The molecule has 0 radical (unpaired) electrons. The predicted molar refractivity (Wildman–Crippen MR) is 119 cm³/mol. The average Bonchev–Trinajstić information content (AvgIpc) is 3.11. The van der Waals surface area contributed by atoms with Gasteiger partial charge < -0.3 is 10.1 Å². The first-order valence-electron chi connectivity index (χ1n) is 10.9. The molecule has 0 bridgehead atoms. The smallest absolute Gasteiger partial charge is 0.422 e. The highest BCUT2D eigenvalue weighted by Gasteiger charge is 2.30. The number of ether oxygens (including phenoxy) is 1. The van der Waals surface area contributed by atoms with Crippen molar-refractivity contribution >= 4 is 11.6 Å². The summed E-state index contributed by atoms with van der Waals surface area (Å²) in [6.07, 6.45) is -2.62. The van der Waals surface area contributed by atoms with Crippen LogP contribution < -0.4 is 15.7 Å². The molecule has 1 N–H and O–H groups in total. The van der Waals surface area contributed by atoms with Crippen LogP contribution in [0.3, 0.4) is 0 Å². The lowest BCUT2D eigenvalue weighted by molar-refractivity contribution is -0.153. The number of pyridine rings is 1. The Morgan fingerprint density at radius 3 is 2.57 bits per heavy atom. The van der Waals surface area contributed by atoms with E-state index in [9.17, 15) is 22.8 Å². The third kappa shape index (κ3) is 5.05. The van der Waals surface area contributed by atoms with Crippen LogP contribution in [0.5, 0.6) is 5.75 Å². The van der Waals surface area contributed by atoms with E-state index in [1.54, 1.807) is 26.8 Å². The third-order valence-corrected chi connectivity index (χ3v) is 5.65. The number of carbonyl (C=O) groups is 1. The number of benzene rings is 1. The number of carbonyl (C=O) groups excluding carboxylic acids is 1. The Balaban J connectivity index is 1.77. The second-order valence-electron chi connectivity index (χ2n) is 8.42. The van der Waals surface area contributed by atoms with E-state index in [0.717, 1.165) is 35.4 Å². The number of aromatic nitrogens is 4. The van der Waals surface area contributed by atoms with Crippen molar-refractivity contribution in [2.24, 2.45) is 0 Å². The van der Waals surface area contributed by atoms with Gasteiger partial charge in [-0.3, -0.25) is 14.3 Å². The van der Waals surface area contributed by atoms with Crippen molar-refractivity contribution in [2.45, 2.75) is 52.8 Å². The van der Waals surface area contributed by atoms with E-state index < -0.39 is 47.2 Å². The third-order valence-electron chi connectivity index (χ3n) is 5.65. The van der Waals surface area contributed by atoms with Crippen LogP contribution in [0.2, 0.25) is 0 Å². The Labute approximate surface area is 197 Å². The van der Waals surface area contributed by atoms with Gasteiger partial charge in [-0.2, -0.15) is 17.9 Å². The van der Waals surface area contributed by atoms with Crippen molar-refractivity contribution in [1.29, 1.82) is 0 Å². The predicted octanol–water partition coefficient (Wildman–Crippen LogP) is 4.02. The Hall–Kier alpha value is -3.70. The number of alkyl halides is 3. The summed E-state index contributed by atoms with van der Waals surface area (Å²) in [6, 6.07) is 3.36. The molecule has 35 heavy (non-hydrogen) atoms. The Kier molecular flexibility index (Phi) is 6.39. The first-order valence-corrected chi connectivity index (χ1v) is 10.9. The van der Waals surface area contributed by atoms with Gasteiger partial charge in [0.1, 0.15) is 23.1 Å². The SMILES string of the molecule is Cc1cc(C)c(NC(=O)c2cc(F)c(-n3nc4n(c3=O)CCCC4)cc2OCC(F)(F)F)c(C)n1. The zero-order chi connectivity index (χ0) is 25.5. The molecule has 0 fully saturated rings. The fourth-order valence-corrected chi connectivity index (χ4v) is 4.11. The Morgan fingerprint density at radius 1 is 1.17 bits per heavy atom. The molecule has 4 rings (SSSR count). The van der Waals surface area contributed by atoms with Crippen LogP contribution >= 0.6 is 0 Å². The summed E-state index contributed by atoms with van der Waals surface area (Å²) in [6.45, 7) is 3.87. The molecule has 0 spiro atoms. The molecular weight excluding hydrogens is 470 g/mol. The van der Waals surface area contributed by atoms with Crippen LogP contribution in [0, 0.1) is 26.6 Å². The molecule has 186 valence electrons. The minimum absolute atomic E-state index is 0.352. The largest absolute Gasteiger partial charge is 0.483 e. The average molecular weight is 493 g/mol. The van der Waals surface area contributed by atoms with E-state index in [4.69, 9.17) is 4.74 Å². The highest BCUT2D eigenvalue weighted by molar-refractivity contribution is 6.07.